The topological polar surface area (TPSA) is 0 Å². The molecule has 0 radical (unpaired) electrons. The van der Waals surface area contributed by atoms with Crippen LogP contribution in [0.3, 0.4) is 0 Å². The zero-order valence-electron chi connectivity index (χ0n) is 12.8. The Morgan fingerprint density at radius 2 is 1.54 bits per heavy atom. The van der Waals surface area contributed by atoms with Gasteiger partial charge in [0.05, 0.1) is 8.47 Å². The van der Waals surface area contributed by atoms with E-state index in [1.807, 2.05) is 47.0 Å². The Morgan fingerprint density at radius 3 is 2.33 bits per heavy atom. The monoisotopic (exact) mass is 382 g/mol. The zero-order valence-corrected chi connectivity index (χ0v) is 16.0. The lowest BCUT2D eigenvalue weighted by Gasteiger charge is -2.35. The molecule has 24 heavy (non-hydrogen) atoms. The van der Waals surface area contributed by atoms with Gasteiger partial charge >= 0.3 is 0 Å². The number of rotatable bonds is 0. The van der Waals surface area contributed by atoms with Crippen molar-refractivity contribution in [3.05, 3.63) is 94.9 Å². The van der Waals surface area contributed by atoms with E-state index in [0.717, 1.165) is 6.42 Å². The summed E-state index contributed by atoms with van der Waals surface area (Å²) < 4.78 is 2.87. The van der Waals surface area contributed by atoms with Crippen LogP contribution in [0.15, 0.2) is 83.7 Å². The quantitative estimate of drug-likeness (QED) is 0.467. The molecular formula is C20H14S4. The maximum absolute atomic E-state index is 2.33. The van der Waals surface area contributed by atoms with Crippen LogP contribution in [0.2, 0.25) is 0 Å². The molecule has 1 aromatic rings. The molecule has 0 N–H and O–H groups in total. The first-order valence-electron chi connectivity index (χ1n) is 7.82. The molecule has 1 aromatic carbocycles. The SMILES string of the molecule is C1=CC(=C2SC=CS2)C2C(=C1)Cc1ccccc1C2=C1SC=CS1. The predicted molar refractivity (Wildman–Crippen MR) is 113 cm³/mol. The molecule has 118 valence electrons. The fourth-order valence-electron chi connectivity index (χ4n) is 3.57. The number of thioether (sulfide) groups is 4. The van der Waals surface area contributed by atoms with E-state index < -0.39 is 0 Å². The molecule has 2 aliphatic carbocycles. The minimum absolute atomic E-state index is 0.398. The molecule has 0 saturated heterocycles. The van der Waals surface area contributed by atoms with Crippen LogP contribution in [-0.4, -0.2) is 0 Å². The first kappa shape index (κ1) is 15.3. The molecule has 0 aromatic heterocycles. The van der Waals surface area contributed by atoms with Crippen molar-refractivity contribution >= 4 is 52.6 Å². The third-order valence-electron chi connectivity index (χ3n) is 4.53. The molecule has 0 amide bonds. The van der Waals surface area contributed by atoms with E-state index in [2.05, 4.69) is 64.1 Å². The molecule has 1 unspecified atom stereocenters. The summed E-state index contributed by atoms with van der Waals surface area (Å²) in [6, 6.07) is 8.94. The highest BCUT2D eigenvalue weighted by atomic mass is 32.2. The van der Waals surface area contributed by atoms with E-state index in [1.54, 1.807) is 0 Å². The van der Waals surface area contributed by atoms with Gasteiger partial charge in [-0.25, -0.2) is 0 Å². The number of fused-ring (bicyclic) bond motifs is 2. The van der Waals surface area contributed by atoms with Crippen molar-refractivity contribution in [1.29, 1.82) is 0 Å². The van der Waals surface area contributed by atoms with Gasteiger partial charge in [-0.05, 0) is 50.3 Å². The van der Waals surface area contributed by atoms with Gasteiger partial charge in [0.15, 0.2) is 0 Å². The molecule has 0 spiro atoms. The van der Waals surface area contributed by atoms with Gasteiger partial charge < -0.3 is 0 Å². The molecule has 4 aliphatic rings. The summed E-state index contributed by atoms with van der Waals surface area (Å²) in [5.41, 5.74) is 7.40. The molecule has 1 atom stereocenters. The lowest BCUT2D eigenvalue weighted by atomic mass is 9.72. The van der Waals surface area contributed by atoms with Gasteiger partial charge in [-0.2, -0.15) is 0 Å². The third kappa shape index (κ3) is 2.51. The standard InChI is InChI=1S/C20H14S4/c1-2-6-15-13(4-1)12-14-5-3-7-16(19-21-8-9-22-19)17(14)18(15)20-23-10-11-24-20/h1-11,17H,12H2. The highest BCUT2D eigenvalue weighted by Gasteiger charge is 2.35. The first-order valence-corrected chi connectivity index (χ1v) is 11.3. The number of allylic oxidation sites excluding steroid dienone is 6. The normalized spacial score (nSPS) is 24.5. The Bertz CT molecular complexity index is 876. The second-order valence-corrected chi connectivity index (χ2v) is 10.0. The van der Waals surface area contributed by atoms with E-state index in [-0.39, 0.29) is 0 Å². The van der Waals surface area contributed by atoms with Gasteiger partial charge in [0, 0.05) is 5.92 Å². The van der Waals surface area contributed by atoms with Crippen LogP contribution in [0, 0.1) is 5.92 Å². The Labute approximate surface area is 159 Å². The third-order valence-corrected chi connectivity index (χ3v) is 8.88. The van der Waals surface area contributed by atoms with Crippen LogP contribution in [0.1, 0.15) is 11.1 Å². The van der Waals surface area contributed by atoms with Crippen molar-refractivity contribution in [3.8, 4) is 0 Å². The highest BCUT2D eigenvalue weighted by molar-refractivity contribution is 8.28. The van der Waals surface area contributed by atoms with E-state index >= 15 is 0 Å². The fraction of sp³-hybridized carbons (Fsp3) is 0.100. The maximum Gasteiger partial charge on any atom is 0.0534 e. The summed E-state index contributed by atoms with van der Waals surface area (Å²) in [6.45, 7) is 0. The van der Waals surface area contributed by atoms with E-state index in [1.165, 1.54) is 36.3 Å². The van der Waals surface area contributed by atoms with Crippen LogP contribution in [-0.2, 0) is 6.42 Å². The zero-order chi connectivity index (χ0) is 15.9. The maximum atomic E-state index is 2.33. The first-order chi connectivity index (χ1) is 11.9. The minimum Gasteiger partial charge on any atom is -0.0899 e. The van der Waals surface area contributed by atoms with Crippen LogP contribution in [0.25, 0.3) is 5.57 Å². The summed E-state index contributed by atoms with van der Waals surface area (Å²) >= 11 is 7.47. The molecule has 2 aliphatic heterocycles. The molecule has 0 fully saturated rings. The molecule has 5 rings (SSSR count). The Hall–Kier alpha value is -0.940. The summed E-state index contributed by atoms with van der Waals surface area (Å²) in [6.07, 6.45) is 7.95. The lowest BCUT2D eigenvalue weighted by molar-refractivity contribution is 0.850. The van der Waals surface area contributed by atoms with Gasteiger partial charge in [0.25, 0.3) is 0 Å². The second-order valence-electron chi connectivity index (χ2n) is 5.83. The van der Waals surface area contributed by atoms with Crippen molar-refractivity contribution in [2.24, 2.45) is 5.92 Å². The Morgan fingerprint density at radius 1 is 0.833 bits per heavy atom. The predicted octanol–water partition coefficient (Wildman–Crippen LogP) is 7.14. The average molecular weight is 383 g/mol. The molecule has 2 heterocycles. The summed E-state index contributed by atoms with van der Waals surface area (Å²) in [7, 11) is 0. The second kappa shape index (κ2) is 6.41. The van der Waals surface area contributed by atoms with Gasteiger partial charge in [-0.1, -0.05) is 95.1 Å². The number of benzene rings is 1. The summed E-state index contributed by atoms with van der Waals surface area (Å²) in [4.78, 5) is 0. The van der Waals surface area contributed by atoms with Gasteiger partial charge in [0.2, 0.25) is 0 Å². The van der Waals surface area contributed by atoms with Crippen LogP contribution < -0.4 is 0 Å². The summed E-state index contributed by atoms with van der Waals surface area (Å²) in [5, 5.41) is 8.81. The minimum atomic E-state index is 0.398. The largest absolute Gasteiger partial charge is 0.0899 e. The van der Waals surface area contributed by atoms with Crippen molar-refractivity contribution in [2.75, 3.05) is 0 Å². The van der Waals surface area contributed by atoms with Crippen molar-refractivity contribution in [1.82, 2.24) is 0 Å². The van der Waals surface area contributed by atoms with E-state index in [4.69, 9.17) is 0 Å². The molecular weight excluding hydrogens is 368 g/mol. The van der Waals surface area contributed by atoms with Gasteiger partial charge in [-0.3, -0.25) is 0 Å². The lowest BCUT2D eigenvalue weighted by Crippen LogP contribution is -2.20. The van der Waals surface area contributed by atoms with Gasteiger partial charge in [-0.15, -0.1) is 0 Å². The van der Waals surface area contributed by atoms with Crippen molar-refractivity contribution in [2.45, 2.75) is 6.42 Å². The Kier molecular flexibility index (Phi) is 4.10. The number of hydrogen-bond acceptors (Lipinski definition) is 4. The average Bonchev–Trinajstić information content (AvgIpc) is 3.32. The smallest absolute Gasteiger partial charge is 0.0534 e. The molecule has 4 heteroatoms. The van der Waals surface area contributed by atoms with Crippen molar-refractivity contribution in [3.63, 3.8) is 0 Å². The van der Waals surface area contributed by atoms with E-state index in [9.17, 15) is 0 Å². The van der Waals surface area contributed by atoms with Gasteiger partial charge in [0.1, 0.15) is 0 Å². The molecule has 0 bridgehead atoms. The van der Waals surface area contributed by atoms with E-state index in [0.29, 0.717) is 5.92 Å². The molecule has 0 nitrogen and oxygen atoms in total. The fourth-order valence-corrected chi connectivity index (χ4v) is 7.42. The van der Waals surface area contributed by atoms with Crippen LogP contribution in [0.4, 0.5) is 0 Å². The summed E-state index contributed by atoms with van der Waals surface area (Å²) in [5.74, 6) is 0.398. The Balaban J connectivity index is 1.74. The van der Waals surface area contributed by atoms with Crippen molar-refractivity contribution < 1.29 is 0 Å². The molecule has 0 saturated carbocycles. The number of hydrogen-bond donors (Lipinski definition) is 0. The highest BCUT2D eigenvalue weighted by Crippen LogP contribution is 2.55. The van der Waals surface area contributed by atoms with Crippen LogP contribution in [0.5, 0.6) is 0 Å². The van der Waals surface area contributed by atoms with Crippen LogP contribution >= 0.6 is 47.0 Å².